The molecule has 3 rings (SSSR count). The molecule has 2 unspecified atom stereocenters. The molecule has 96 valence electrons. The van der Waals surface area contributed by atoms with Crippen LogP contribution in [-0.2, 0) is 0 Å². The van der Waals surface area contributed by atoms with Gasteiger partial charge < -0.3 is 10.4 Å². The van der Waals surface area contributed by atoms with Gasteiger partial charge in [-0.2, -0.15) is 0 Å². The van der Waals surface area contributed by atoms with E-state index in [4.69, 9.17) is 5.11 Å². The van der Waals surface area contributed by atoms with Crippen molar-refractivity contribution in [2.24, 2.45) is 0 Å². The smallest absolute Gasteiger partial charge is 0.358 e. The maximum atomic E-state index is 11.1. The zero-order valence-corrected chi connectivity index (χ0v) is 10.0. The normalized spacial score (nSPS) is 27.1. The van der Waals surface area contributed by atoms with E-state index in [1.165, 1.54) is 25.2 Å². The summed E-state index contributed by atoms with van der Waals surface area (Å²) in [6, 6.07) is 0.816. The lowest BCUT2D eigenvalue weighted by Crippen LogP contribution is -2.34. The van der Waals surface area contributed by atoms with E-state index in [-0.39, 0.29) is 5.69 Å². The van der Waals surface area contributed by atoms with Crippen LogP contribution in [0.4, 0.5) is 5.82 Å². The van der Waals surface area contributed by atoms with Crippen molar-refractivity contribution < 1.29 is 9.90 Å². The summed E-state index contributed by atoms with van der Waals surface area (Å²) < 4.78 is 0. The molecule has 2 N–H and O–H groups in total. The summed E-state index contributed by atoms with van der Waals surface area (Å²) in [4.78, 5) is 21.5. The van der Waals surface area contributed by atoms with Crippen molar-refractivity contribution in [2.45, 2.75) is 31.3 Å². The molecule has 0 spiro atoms. The number of aromatic nitrogens is 2. The Bertz CT molecular complexity index is 465. The predicted molar refractivity (Wildman–Crippen MR) is 65.6 cm³/mol. The van der Waals surface area contributed by atoms with Crippen molar-refractivity contribution in [3.63, 3.8) is 0 Å². The summed E-state index contributed by atoms with van der Waals surface area (Å²) in [5, 5.41) is 12.3. The van der Waals surface area contributed by atoms with Gasteiger partial charge in [-0.15, -0.1) is 0 Å². The monoisotopic (exact) mass is 248 g/mol. The van der Waals surface area contributed by atoms with Crippen LogP contribution in [0.5, 0.6) is 0 Å². The van der Waals surface area contributed by atoms with E-state index < -0.39 is 5.97 Å². The van der Waals surface area contributed by atoms with Gasteiger partial charge in [0.1, 0.15) is 0 Å². The largest absolute Gasteiger partial charge is 0.476 e. The standard InChI is InChI=1S/C12H16N4O2/c17-12(18)10-11(14-5-4-13-10)15-8-3-7-16-6-1-2-9(8)16/h4-5,8-9H,1-3,6-7H2,(H,14,15)(H,17,18). The van der Waals surface area contributed by atoms with Crippen molar-refractivity contribution in [3.8, 4) is 0 Å². The fourth-order valence-corrected chi connectivity index (χ4v) is 3.03. The van der Waals surface area contributed by atoms with Crippen LogP contribution in [0.3, 0.4) is 0 Å². The molecule has 0 aliphatic carbocycles. The van der Waals surface area contributed by atoms with Gasteiger partial charge in [0.15, 0.2) is 11.5 Å². The minimum absolute atomic E-state index is 0.00828. The summed E-state index contributed by atoms with van der Waals surface area (Å²) in [7, 11) is 0. The Labute approximate surface area is 105 Å². The first-order valence-electron chi connectivity index (χ1n) is 6.30. The molecule has 2 atom stereocenters. The molecule has 3 heterocycles. The molecular formula is C12H16N4O2. The zero-order chi connectivity index (χ0) is 12.5. The number of carboxylic acid groups (broad SMARTS) is 1. The van der Waals surface area contributed by atoms with Gasteiger partial charge in [-0.1, -0.05) is 0 Å². The number of hydrogen-bond donors (Lipinski definition) is 2. The Morgan fingerprint density at radius 3 is 3.00 bits per heavy atom. The third-order valence-corrected chi connectivity index (χ3v) is 3.83. The highest BCUT2D eigenvalue weighted by Gasteiger charge is 2.37. The summed E-state index contributed by atoms with van der Waals surface area (Å²) >= 11 is 0. The molecule has 0 radical (unpaired) electrons. The van der Waals surface area contributed by atoms with Crippen molar-refractivity contribution in [1.29, 1.82) is 0 Å². The number of rotatable bonds is 3. The van der Waals surface area contributed by atoms with Gasteiger partial charge in [0, 0.05) is 31.0 Å². The van der Waals surface area contributed by atoms with Crippen LogP contribution in [0.2, 0.25) is 0 Å². The summed E-state index contributed by atoms with van der Waals surface area (Å²) in [5.74, 6) is -0.643. The number of fused-ring (bicyclic) bond motifs is 1. The highest BCUT2D eigenvalue weighted by molar-refractivity contribution is 5.90. The van der Waals surface area contributed by atoms with E-state index in [1.54, 1.807) is 0 Å². The minimum atomic E-state index is -1.04. The molecular weight excluding hydrogens is 232 g/mol. The van der Waals surface area contributed by atoms with E-state index in [1.807, 2.05) is 0 Å². The maximum Gasteiger partial charge on any atom is 0.358 e. The van der Waals surface area contributed by atoms with Crippen LogP contribution in [0.25, 0.3) is 0 Å². The molecule has 0 bridgehead atoms. The van der Waals surface area contributed by atoms with Crippen molar-refractivity contribution in [1.82, 2.24) is 14.9 Å². The van der Waals surface area contributed by atoms with Gasteiger partial charge in [0.05, 0.1) is 0 Å². The summed E-state index contributed by atoms with van der Waals surface area (Å²) in [6.45, 7) is 2.25. The minimum Gasteiger partial charge on any atom is -0.476 e. The molecule has 1 aromatic heterocycles. The number of hydrogen-bond acceptors (Lipinski definition) is 5. The van der Waals surface area contributed by atoms with Gasteiger partial charge >= 0.3 is 5.97 Å². The molecule has 2 aliphatic heterocycles. The lowest BCUT2D eigenvalue weighted by molar-refractivity contribution is 0.0691. The van der Waals surface area contributed by atoms with E-state index in [9.17, 15) is 4.79 Å². The first kappa shape index (κ1) is 11.4. The molecule has 0 amide bonds. The Hall–Kier alpha value is -1.69. The SMILES string of the molecule is O=C(O)c1nccnc1NC1CCN2CCCC12. The van der Waals surface area contributed by atoms with Gasteiger partial charge in [0.2, 0.25) is 0 Å². The Morgan fingerprint density at radius 2 is 2.17 bits per heavy atom. The molecule has 2 fully saturated rings. The Morgan fingerprint density at radius 1 is 1.33 bits per heavy atom. The molecule has 0 aromatic carbocycles. The predicted octanol–water partition coefficient (Wildman–Crippen LogP) is 0.823. The number of carboxylic acids is 1. The second-order valence-corrected chi connectivity index (χ2v) is 4.84. The Balaban J connectivity index is 1.78. The van der Waals surface area contributed by atoms with Gasteiger partial charge in [-0.05, 0) is 25.8 Å². The van der Waals surface area contributed by atoms with E-state index in [0.29, 0.717) is 17.9 Å². The van der Waals surface area contributed by atoms with Crippen molar-refractivity contribution >= 4 is 11.8 Å². The van der Waals surface area contributed by atoms with Gasteiger partial charge in [-0.25, -0.2) is 14.8 Å². The third-order valence-electron chi connectivity index (χ3n) is 3.83. The average Bonchev–Trinajstić information content (AvgIpc) is 2.94. The van der Waals surface area contributed by atoms with Crippen LogP contribution < -0.4 is 5.32 Å². The van der Waals surface area contributed by atoms with E-state index in [2.05, 4.69) is 20.2 Å². The second kappa shape index (κ2) is 4.53. The quantitative estimate of drug-likeness (QED) is 0.824. The highest BCUT2D eigenvalue weighted by atomic mass is 16.4. The van der Waals surface area contributed by atoms with Crippen LogP contribution in [-0.4, -0.2) is 51.1 Å². The Kier molecular flexibility index (Phi) is 2.87. The van der Waals surface area contributed by atoms with Crippen LogP contribution in [0, 0.1) is 0 Å². The van der Waals surface area contributed by atoms with Crippen LogP contribution >= 0.6 is 0 Å². The first-order chi connectivity index (χ1) is 8.75. The summed E-state index contributed by atoms with van der Waals surface area (Å²) in [6.07, 6.45) is 6.39. The molecule has 2 aliphatic rings. The maximum absolute atomic E-state index is 11.1. The molecule has 0 saturated carbocycles. The van der Waals surface area contributed by atoms with E-state index in [0.717, 1.165) is 19.5 Å². The molecule has 2 saturated heterocycles. The number of carbonyl (C=O) groups is 1. The molecule has 18 heavy (non-hydrogen) atoms. The van der Waals surface area contributed by atoms with Crippen LogP contribution in [0.15, 0.2) is 12.4 Å². The number of aromatic carboxylic acids is 1. The topological polar surface area (TPSA) is 78.3 Å². The van der Waals surface area contributed by atoms with Crippen molar-refractivity contribution in [2.75, 3.05) is 18.4 Å². The number of nitrogens with zero attached hydrogens (tertiary/aromatic N) is 3. The van der Waals surface area contributed by atoms with Gasteiger partial charge in [-0.3, -0.25) is 4.90 Å². The molecule has 6 heteroatoms. The number of nitrogens with one attached hydrogen (secondary N) is 1. The molecule has 6 nitrogen and oxygen atoms in total. The highest BCUT2D eigenvalue weighted by Crippen LogP contribution is 2.30. The second-order valence-electron chi connectivity index (χ2n) is 4.84. The first-order valence-corrected chi connectivity index (χ1v) is 6.30. The molecule has 1 aromatic rings. The van der Waals surface area contributed by atoms with Crippen molar-refractivity contribution in [3.05, 3.63) is 18.1 Å². The fraction of sp³-hybridized carbons (Fsp3) is 0.583. The fourth-order valence-electron chi connectivity index (χ4n) is 3.03. The van der Waals surface area contributed by atoms with E-state index >= 15 is 0 Å². The number of anilines is 1. The third kappa shape index (κ3) is 1.92. The zero-order valence-electron chi connectivity index (χ0n) is 10.0. The van der Waals surface area contributed by atoms with Gasteiger partial charge in [0.25, 0.3) is 0 Å². The van der Waals surface area contributed by atoms with Crippen LogP contribution in [0.1, 0.15) is 29.8 Å². The summed E-state index contributed by atoms with van der Waals surface area (Å²) in [5.41, 5.74) is 0.00828. The average molecular weight is 248 g/mol. The lowest BCUT2D eigenvalue weighted by atomic mass is 10.1. The lowest BCUT2D eigenvalue weighted by Gasteiger charge is -2.22.